The third-order valence-electron chi connectivity index (χ3n) is 3.09. The Bertz CT molecular complexity index is 801. The van der Waals surface area contributed by atoms with Crippen molar-refractivity contribution in [1.29, 1.82) is 0 Å². The summed E-state index contributed by atoms with van der Waals surface area (Å²) < 4.78 is 0. The number of rotatable bonds is 6. The zero-order valence-corrected chi connectivity index (χ0v) is 14.5. The highest BCUT2D eigenvalue weighted by Crippen LogP contribution is 2.31. The number of Topliss-reactive ketones (excluding diaryl/α,β-unsaturated/α-hetero) is 1. The molecule has 3 N–H and O–H groups in total. The lowest BCUT2D eigenvalue weighted by atomic mass is 10.1. The van der Waals surface area contributed by atoms with E-state index in [0.717, 1.165) is 0 Å². The third kappa shape index (κ3) is 4.95. The Hall–Kier alpha value is -3.07. The number of aromatic nitrogens is 2. The van der Waals surface area contributed by atoms with E-state index in [1.165, 1.54) is 13.3 Å². The molecular formula is C16H20N6O3. The molecule has 132 valence electrons. The van der Waals surface area contributed by atoms with Gasteiger partial charge in [0.2, 0.25) is 11.6 Å². The zero-order valence-electron chi connectivity index (χ0n) is 14.5. The predicted molar refractivity (Wildman–Crippen MR) is 94.9 cm³/mol. The first-order valence-corrected chi connectivity index (χ1v) is 7.58. The van der Waals surface area contributed by atoms with E-state index in [-0.39, 0.29) is 28.6 Å². The Labute approximate surface area is 145 Å². The fourth-order valence-electron chi connectivity index (χ4n) is 1.93. The van der Waals surface area contributed by atoms with Gasteiger partial charge in [-0.1, -0.05) is 12.1 Å². The van der Waals surface area contributed by atoms with Crippen LogP contribution in [0.15, 0.2) is 30.6 Å². The monoisotopic (exact) mass is 344 g/mol. The molecule has 0 spiro atoms. The standard InChI is InChI=1S/C16H20N6O3/c1-10(23)11-6-5-7-12(8-11)19-14-13(22(24)25)15(18-9-17-14)20-21-16(2,3)4/h5-9,21H,1-4H3,(H2,17,18,19,20). The second-order valence-electron chi connectivity index (χ2n) is 6.44. The number of nitrogens with zero attached hydrogens (tertiary/aromatic N) is 3. The second-order valence-corrected chi connectivity index (χ2v) is 6.44. The Balaban J connectivity index is 2.36. The average molecular weight is 344 g/mol. The number of hydrogen-bond acceptors (Lipinski definition) is 8. The molecule has 9 heteroatoms. The van der Waals surface area contributed by atoms with Crippen molar-refractivity contribution in [3.63, 3.8) is 0 Å². The molecule has 1 heterocycles. The van der Waals surface area contributed by atoms with Crippen LogP contribution >= 0.6 is 0 Å². The maximum absolute atomic E-state index is 11.5. The van der Waals surface area contributed by atoms with Gasteiger partial charge in [-0.2, -0.15) is 0 Å². The summed E-state index contributed by atoms with van der Waals surface area (Å²) in [5.41, 5.74) is 6.08. The summed E-state index contributed by atoms with van der Waals surface area (Å²) in [5.74, 6) is -0.0309. The van der Waals surface area contributed by atoms with Crippen LogP contribution in [0.2, 0.25) is 0 Å². The van der Waals surface area contributed by atoms with E-state index >= 15 is 0 Å². The van der Waals surface area contributed by atoms with Gasteiger partial charge < -0.3 is 5.32 Å². The summed E-state index contributed by atoms with van der Waals surface area (Å²) in [7, 11) is 0. The molecule has 0 radical (unpaired) electrons. The van der Waals surface area contributed by atoms with Crippen LogP contribution in [0.4, 0.5) is 23.0 Å². The first-order chi connectivity index (χ1) is 11.7. The van der Waals surface area contributed by atoms with E-state index in [9.17, 15) is 14.9 Å². The van der Waals surface area contributed by atoms with Crippen LogP contribution in [0.5, 0.6) is 0 Å². The molecule has 25 heavy (non-hydrogen) atoms. The van der Waals surface area contributed by atoms with Gasteiger partial charge in [0.05, 0.1) is 4.92 Å². The highest BCUT2D eigenvalue weighted by Gasteiger charge is 2.24. The first kappa shape index (κ1) is 18.3. The fraction of sp³-hybridized carbons (Fsp3) is 0.312. The van der Waals surface area contributed by atoms with Gasteiger partial charge in [-0.25, -0.2) is 15.4 Å². The smallest absolute Gasteiger partial charge is 0.334 e. The van der Waals surface area contributed by atoms with Gasteiger partial charge in [0.25, 0.3) is 0 Å². The van der Waals surface area contributed by atoms with Crippen molar-refractivity contribution in [2.75, 3.05) is 10.7 Å². The molecule has 0 saturated carbocycles. The van der Waals surface area contributed by atoms with E-state index in [1.54, 1.807) is 24.3 Å². The summed E-state index contributed by atoms with van der Waals surface area (Å²) >= 11 is 0. The summed E-state index contributed by atoms with van der Waals surface area (Å²) in [6.45, 7) is 7.16. The lowest BCUT2D eigenvalue weighted by Crippen LogP contribution is -2.40. The summed E-state index contributed by atoms with van der Waals surface area (Å²) in [4.78, 5) is 30.3. The molecule has 9 nitrogen and oxygen atoms in total. The summed E-state index contributed by atoms with van der Waals surface area (Å²) in [6.07, 6.45) is 1.22. The van der Waals surface area contributed by atoms with Crippen molar-refractivity contribution in [2.45, 2.75) is 33.2 Å². The molecule has 2 aromatic rings. The normalized spacial score (nSPS) is 11.0. The predicted octanol–water partition coefficient (Wildman–Crippen LogP) is 3.05. The minimum absolute atomic E-state index is 0.0268. The Morgan fingerprint density at radius 3 is 2.48 bits per heavy atom. The van der Waals surface area contributed by atoms with Crippen molar-refractivity contribution in [2.24, 2.45) is 0 Å². The van der Waals surface area contributed by atoms with Crippen LogP contribution in [0.3, 0.4) is 0 Å². The molecule has 0 aliphatic carbocycles. The van der Waals surface area contributed by atoms with Crippen molar-refractivity contribution in [3.05, 3.63) is 46.3 Å². The largest absolute Gasteiger partial charge is 0.354 e. The van der Waals surface area contributed by atoms with Crippen LogP contribution in [-0.4, -0.2) is 26.2 Å². The van der Waals surface area contributed by atoms with Crippen molar-refractivity contribution >= 4 is 28.8 Å². The third-order valence-corrected chi connectivity index (χ3v) is 3.09. The van der Waals surface area contributed by atoms with E-state index in [0.29, 0.717) is 11.3 Å². The molecule has 2 rings (SSSR count). The van der Waals surface area contributed by atoms with Gasteiger partial charge in [-0.3, -0.25) is 20.3 Å². The van der Waals surface area contributed by atoms with Crippen molar-refractivity contribution < 1.29 is 9.72 Å². The van der Waals surface area contributed by atoms with Crippen LogP contribution in [-0.2, 0) is 0 Å². The van der Waals surface area contributed by atoms with Gasteiger partial charge in [0, 0.05) is 16.8 Å². The molecule has 0 saturated heterocycles. The van der Waals surface area contributed by atoms with Crippen LogP contribution in [0.25, 0.3) is 0 Å². The number of hydrogen-bond donors (Lipinski definition) is 3. The second kappa shape index (κ2) is 7.22. The van der Waals surface area contributed by atoms with Gasteiger partial charge in [0.1, 0.15) is 6.33 Å². The van der Waals surface area contributed by atoms with Crippen LogP contribution < -0.4 is 16.2 Å². The van der Waals surface area contributed by atoms with Gasteiger partial charge in [-0.05, 0) is 39.8 Å². The van der Waals surface area contributed by atoms with E-state index in [4.69, 9.17) is 0 Å². The number of carbonyl (C=O) groups is 1. The first-order valence-electron chi connectivity index (χ1n) is 7.58. The molecule has 1 aromatic heterocycles. The number of carbonyl (C=O) groups excluding carboxylic acids is 1. The summed E-state index contributed by atoms with van der Waals surface area (Å²) in [5, 5.41) is 14.4. The van der Waals surface area contributed by atoms with Crippen molar-refractivity contribution in [1.82, 2.24) is 15.4 Å². The zero-order chi connectivity index (χ0) is 18.6. The Kier molecular flexibility index (Phi) is 5.28. The van der Waals surface area contributed by atoms with Crippen LogP contribution in [0, 0.1) is 10.1 Å². The number of anilines is 3. The topological polar surface area (TPSA) is 122 Å². The van der Waals surface area contributed by atoms with Gasteiger partial charge in [-0.15, -0.1) is 0 Å². The van der Waals surface area contributed by atoms with Gasteiger partial charge in [0.15, 0.2) is 5.78 Å². The van der Waals surface area contributed by atoms with E-state index in [1.807, 2.05) is 20.8 Å². The molecule has 0 atom stereocenters. The lowest BCUT2D eigenvalue weighted by Gasteiger charge is -2.21. The number of benzene rings is 1. The Morgan fingerprint density at radius 1 is 1.20 bits per heavy atom. The molecule has 0 aliphatic rings. The number of nitro groups is 1. The minimum Gasteiger partial charge on any atom is -0.334 e. The molecule has 0 amide bonds. The lowest BCUT2D eigenvalue weighted by molar-refractivity contribution is -0.383. The van der Waals surface area contributed by atoms with E-state index < -0.39 is 4.92 Å². The SMILES string of the molecule is CC(=O)c1cccc(Nc2ncnc(NNC(C)(C)C)c2[N+](=O)[O-])c1. The van der Waals surface area contributed by atoms with Gasteiger partial charge >= 0.3 is 5.69 Å². The highest BCUT2D eigenvalue weighted by atomic mass is 16.6. The molecule has 1 aromatic carbocycles. The maximum atomic E-state index is 11.5. The quantitative estimate of drug-likeness (QED) is 0.415. The van der Waals surface area contributed by atoms with Crippen molar-refractivity contribution in [3.8, 4) is 0 Å². The molecule has 0 unspecified atom stereocenters. The average Bonchev–Trinajstić information content (AvgIpc) is 2.52. The maximum Gasteiger partial charge on any atom is 0.354 e. The number of ketones is 1. The Morgan fingerprint density at radius 2 is 1.88 bits per heavy atom. The molecule has 0 bridgehead atoms. The molecule has 0 fully saturated rings. The van der Waals surface area contributed by atoms with Crippen LogP contribution in [0.1, 0.15) is 38.1 Å². The number of hydrazine groups is 1. The fourth-order valence-corrected chi connectivity index (χ4v) is 1.93. The molecular weight excluding hydrogens is 324 g/mol. The minimum atomic E-state index is -0.566. The molecule has 0 aliphatic heterocycles. The summed E-state index contributed by atoms with van der Waals surface area (Å²) in [6, 6.07) is 6.65. The number of nitrogens with one attached hydrogen (secondary N) is 3. The highest BCUT2D eigenvalue weighted by molar-refractivity contribution is 5.95. The van der Waals surface area contributed by atoms with E-state index in [2.05, 4.69) is 26.1 Å².